The van der Waals surface area contributed by atoms with Gasteiger partial charge < -0.3 is 14.6 Å². The van der Waals surface area contributed by atoms with E-state index in [-0.39, 0.29) is 11.7 Å². The van der Waals surface area contributed by atoms with Crippen LogP contribution in [0.2, 0.25) is 0 Å². The number of rotatable bonds is 6. The molecule has 1 saturated heterocycles. The topological polar surface area (TPSA) is 96.1 Å². The van der Waals surface area contributed by atoms with Gasteiger partial charge >= 0.3 is 0 Å². The summed E-state index contributed by atoms with van der Waals surface area (Å²) in [6.45, 7) is 3.97. The molecule has 1 N–H and O–H groups in total. The third-order valence-corrected chi connectivity index (χ3v) is 5.07. The zero-order chi connectivity index (χ0) is 18.4. The van der Waals surface area contributed by atoms with Crippen LogP contribution in [0.25, 0.3) is 0 Å². The van der Waals surface area contributed by atoms with Crippen LogP contribution in [0, 0.1) is 11.3 Å². The SMILES string of the molecule is Cn1c(CN2CCOCC2)nnc1SCC(=O)Nc1ccccc1C#N. The van der Waals surface area contributed by atoms with Gasteiger partial charge in [-0.3, -0.25) is 9.69 Å². The molecule has 0 spiro atoms. The second-order valence-corrected chi connectivity index (χ2v) is 6.78. The standard InChI is InChI=1S/C17H20N6O2S/c1-22-15(11-23-6-8-25-9-7-23)20-21-17(22)26-12-16(24)19-14-5-3-2-4-13(14)10-18/h2-5H,6-9,11-12H2,1H3,(H,19,24). The van der Waals surface area contributed by atoms with Crippen LogP contribution in [0.4, 0.5) is 5.69 Å². The van der Waals surface area contributed by atoms with Gasteiger partial charge in [-0.05, 0) is 12.1 Å². The molecule has 1 fully saturated rings. The van der Waals surface area contributed by atoms with Crippen LogP contribution in [-0.4, -0.2) is 57.6 Å². The van der Waals surface area contributed by atoms with Crippen LogP contribution in [0.1, 0.15) is 11.4 Å². The summed E-state index contributed by atoms with van der Waals surface area (Å²) in [5, 5.41) is 20.9. The molecule has 1 amide bonds. The number of hydrogen-bond donors (Lipinski definition) is 1. The van der Waals surface area contributed by atoms with E-state index in [2.05, 4.69) is 26.5 Å². The normalized spacial score (nSPS) is 14.8. The van der Waals surface area contributed by atoms with E-state index in [9.17, 15) is 4.79 Å². The molecule has 0 atom stereocenters. The summed E-state index contributed by atoms with van der Waals surface area (Å²) >= 11 is 1.32. The van der Waals surface area contributed by atoms with E-state index in [0.717, 1.165) is 38.7 Å². The van der Waals surface area contributed by atoms with Crippen LogP contribution in [0.3, 0.4) is 0 Å². The van der Waals surface area contributed by atoms with Gasteiger partial charge in [-0.15, -0.1) is 10.2 Å². The number of ether oxygens (including phenoxy) is 1. The van der Waals surface area contributed by atoms with Gasteiger partial charge in [0.15, 0.2) is 5.16 Å². The molecular weight excluding hydrogens is 352 g/mol. The minimum atomic E-state index is -0.185. The molecule has 136 valence electrons. The molecule has 9 heteroatoms. The van der Waals surface area contributed by atoms with E-state index < -0.39 is 0 Å². The molecule has 0 aliphatic carbocycles. The number of benzene rings is 1. The first-order chi connectivity index (χ1) is 12.7. The van der Waals surface area contributed by atoms with Crippen molar-refractivity contribution in [1.29, 1.82) is 5.26 Å². The van der Waals surface area contributed by atoms with Gasteiger partial charge in [-0.25, -0.2) is 0 Å². The first-order valence-corrected chi connectivity index (χ1v) is 9.26. The lowest BCUT2D eigenvalue weighted by Crippen LogP contribution is -2.36. The molecule has 1 aromatic carbocycles. The molecule has 1 aliphatic heterocycles. The molecule has 0 radical (unpaired) electrons. The number of amides is 1. The first-order valence-electron chi connectivity index (χ1n) is 8.27. The fourth-order valence-corrected chi connectivity index (χ4v) is 3.30. The number of morpholine rings is 1. The Balaban J connectivity index is 1.54. The quantitative estimate of drug-likeness (QED) is 0.762. The Labute approximate surface area is 156 Å². The molecule has 0 bridgehead atoms. The van der Waals surface area contributed by atoms with Crippen molar-refractivity contribution in [1.82, 2.24) is 19.7 Å². The maximum absolute atomic E-state index is 12.2. The van der Waals surface area contributed by atoms with Crippen molar-refractivity contribution in [3.63, 3.8) is 0 Å². The number of carbonyl (C=O) groups excluding carboxylic acids is 1. The molecule has 26 heavy (non-hydrogen) atoms. The van der Waals surface area contributed by atoms with E-state index in [1.54, 1.807) is 24.3 Å². The molecular formula is C17H20N6O2S. The third kappa shape index (κ3) is 4.60. The van der Waals surface area contributed by atoms with Crippen LogP contribution >= 0.6 is 11.8 Å². The number of nitrogens with one attached hydrogen (secondary N) is 1. The number of para-hydroxylation sites is 1. The fourth-order valence-electron chi connectivity index (χ4n) is 2.57. The van der Waals surface area contributed by atoms with E-state index in [1.807, 2.05) is 11.6 Å². The highest BCUT2D eigenvalue weighted by atomic mass is 32.2. The zero-order valence-corrected chi connectivity index (χ0v) is 15.3. The largest absolute Gasteiger partial charge is 0.379 e. The van der Waals surface area contributed by atoms with Crippen molar-refractivity contribution in [3.8, 4) is 6.07 Å². The van der Waals surface area contributed by atoms with Crippen molar-refractivity contribution in [2.75, 3.05) is 37.4 Å². The predicted octanol–water partition coefficient (Wildman–Crippen LogP) is 1.25. The minimum Gasteiger partial charge on any atom is -0.379 e. The molecule has 1 aromatic heterocycles. The van der Waals surface area contributed by atoms with Crippen molar-refractivity contribution in [3.05, 3.63) is 35.7 Å². The van der Waals surface area contributed by atoms with E-state index >= 15 is 0 Å². The van der Waals surface area contributed by atoms with E-state index in [4.69, 9.17) is 10.00 Å². The summed E-state index contributed by atoms with van der Waals surface area (Å²) in [6.07, 6.45) is 0. The van der Waals surface area contributed by atoms with Gasteiger partial charge in [0.2, 0.25) is 5.91 Å². The Morgan fingerprint density at radius 3 is 2.88 bits per heavy atom. The highest BCUT2D eigenvalue weighted by Gasteiger charge is 2.16. The van der Waals surface area contributed by atoms with E-state index in [0.29, 0.717) is 16.4 Å². The molecule has 1 aliphatic rings. The average molecular weight is 372 g/mol. The second-order valence-electron chi connectivity index (χ2n) is 5.84. The number of aromatic nitrogens is 3. The van der Waals surface area contributed by atoms with Crippen LogP contribution in [-0.2, 0) is 23.1 Å². The summed E-state index contributed by atoms with van der Waals surface area (Å²) in [5.74, 6) is 0.878. The van der Waals surface area contributed by atoms with Gasteiger partial charge in [0.25, 0.3) is 0 Å². The zero-order valence-electron chi connectivity index (χ0n) is 14.5. The molecule has 0 unspecified atom stereocenters. The van der Waals surface area contributed by atoms with Gasteiger partial charge in [0, 0.05) is 20.1 Å². The molecule has 2 heterocycles. The lowest BCUT2D eigenvalue weighted by Gasteiger charge is -2.25. The van der Waals surface area contributed by atoms with Crippen LogP contribution in [0.5, 0.6) is 0 Å². The summed E-state index contributed by atoms with van der Waals surface area (Å²) in [7, 11) is 1.90. The fraction of sp³-hybridized carbons (Fsp3) is 0.412. The highest BCUT2D eigenvalue weighted by molar-refractivity contribution is 7.99. The van der Waals surface area contributed by atoms with E-state index in [1.165, 1.54) is 11.8 Å². The van der Waals surface area contributed by atoms with Crippen LogP contribution in [0.15, 0.2) is 29.4 Å². The molecule has 2 aromatic rings. The second kappa shape index (κ2) is 8.80. The Kier molecular flexibility index (Phi) is 6.22. The van der Waals surface area contributed by atoms with Gasteiger partial charge in [-0.1, -0.05) is 23.9 Å². The summed E-state index contributed by atoms with van der Waals surface area (Å²) < 4.78 is 7.26. The lowest BCUT2D eigenvalue weighted by molar-refractivity contribution is -0.113. The monoisotopic (exact) mass is 372 g/mol. The minimum absolute atomic E-state index is 0.185. The highest BCUT2D eigenvalue weighted by Crippen LogP contribution is 2.18. The summed E-state index contributed by atoms with van der Waals surface area (Å²) in [5.41, 5.74) is 0.962. The molecule has 8 nitrogen and oxygen atoms in total. The number of carbonyl (C=O) groups is 1. The molecule has 0 saturated carbocycles. The molecule has 3 rings (SSSR count). The van der Waals surface area contributed by atoms with Crippen molar-refractivity contribution < 1.29 is 9.53 Å². The first kappa shape index (κ1) is 18.4. The van der Waals surface area contributed by atoms with Gasteiger partial charge in [-0.2, -0.15) is 5.26 Å². The summed E-state index contributed by atoms with van der Waals surface area (Å²) in [6, 6.07) is 8.99. The number of nitriles is 1. The Bertz CT molecular complexity index is 810. The average Bonchev–Trinajstić information content (AvgIpc) is 3.01. The predicted molar refractivity (Wildman–Crippen MR) is 97.6 cm³/mol. The Morgan fingerprint density at radius 1 is 1.35 bits per heavy atom. The lowest BCUT2D eigenvalue weighted by atomic mass is 10.2. The smallest absolute Gasteiger partial charge is 0.234 e. The number of thioether (sulfide) groups is 1. The maximum Gasteiger partial charge on any atom is 0.234 e. The van der Waals surface area contributed by atoms with Crippen molar-refractivity contribution in [2.45, 2.75) is 11.7 Å². The third-order valence-electron chi connectivity index (χ3n) is 4.05. The van der Waals surface area contributed by atoms with Gasteiger partial charge in [0.05, 0.1) is 36.8 Å². The Hall–Kier alpha value is -2.41. The number of nitrogens with zero attached hydrogens (tertiary/aromatic N) is 5. The number of hydrogen-bond acceptors (Lipinski definition) is 7. The summed E-state index contributed by atoms with van der Waals surface area (Å²) in [4.78, 5) is 14.4. The number of anilines is 1. The van der Waals surface area contributed by atoms with Crippen LogP contribution < -0.4 is 5.32 Å². The maximum atomic E-state index is 12.2. The van der Waals surface area contributed by atoms with Gasteiger partial charge in [0.1, 0.15) is 11.9 Å². The van der Waals surface area contributed by atoms with Crippen molar-refractivity contribution >= 4 is 23.4 Å². The van der Waals surface area contributed by atoms with Crippen molar-refractivity contribution in [2.24, 2.45) is 7.05 Å². The Morgan fingerprint density at radius 2 is 2.12 bits per heavy atom.